The van der Waals surface area contributed by atoms with Gasteiger partial charge in [0.1, 0.15) is 0 Å². The Labute approximate surface area is 123 Å². The summed E-state index contributed by atoms with van der Waals surface area (Å²) in [6.07, 6.45) is 2.09. The quantitative estimate of drug-likeness (QED) is 0.745. The summed E-state index contributed by atoms with van der Waals surface area (Å²) >= 11 is 0. The van der Waals surface area contributed by atoms with Gasteiger partial charge in [0.05, 0.1) is 11.0 Å². The average molecular weight is 281 g/mol. The lowest BCUT2D eigenvalue weighted by Crippen LogP contribution is -2.16. The van der Waals surface area contributed by atoms with Crippen LogP contribution in [0.25, 0.3) is 11.0 Å². The van der Waals surface area contributed by atoms with E-state index in [1.54, 1.807) is 0 Å². The van der Waals surface area contributed by atoms with Crippen molar-refractivity contribution in [3.05, 3.63) is 59.0 Å². The molecular formula is C17H19N3O. The van der Waals surface area contributed by atoms with Crippen LogP contribution in [0.3, 0.4) is 0 Å². The van der Waals surface area contributed by atoms with Crippen molar-refractivity contribution in [2.24, 2.45) is 0 Å². The van der Waals surface area contributed by atoms with Gasteiger partial charge in [-0.25, -0.2) is 4.79 Å². The van der Waals surface area contributed by atoms with Gasteiger partial charge in [0.2, 0.25) is 0 Å². The van der Waals surface area contributed by atoms with Crippen LogP contribution < -0.4 is 11.0 Å². The second-order valence-corrected chi connectivity index (χ2v) is 5.16. The summed E-state index contributed by atoms with van der Waals surface area (Å²) in [5.74, 6) is 0. The lowest BCUT2D eigenvalue weighted by Gasteiger charge is -2.07. The molecule has 1 heterocycles. The second kappa shape index (κ2) is 5.87. The van der Waals surface area contributed by atoms with Crippen molar-refractivity contribution in [2.45, 2.75) is 26.3 Å². The molecule has 21 heavy (non-hydrogen) atoms. The number of rotatable bonds is 5. The van der Waals surface area contributed by atoms with Crippen molar-refractivity contribution in [3.8, 4) is 0 Å². The molecule has 0 amide bonds. The molecule has 0 spiro atoms. The Balaban J connectivity index is 1.92. The van der Waals surface area contributed by atoms with Gasteiger partial charge in [0.25, 0.3) is 0 Å². The van der Waals surface area contributed by atoms with Gasteiger partial charge in [-0.3, -0.25) is 4.57 Å². The van der Waals surface area contributed by atoms with E-state index in [2.05, 4.69) is 17.2 Å². The molecule has 4 nitrogen and oxygen atoms in total. The number of aromatic amines is 1. The van der Waals surface area contributed by atoms with Crippen molar-refractivity contribution in [3.63, 3.8) is 0 Å². The monoisotopic (exact) mass is 281 g/mol. The van der Waals surface area contributed by atoms with Gasteiger partial charge in [-0.2, -0.15) is 0 Å². The van der Waals surface area contributed by atoms with E-state index in [0.717, 1.165) is 41.8 Å². The second-order valence-electron chi connectivity index (χ2n) is 5.16. The molecule has 3 rings (SSSR count). The molecule has 2 aromatic carbocycles. The zero-order valence-electron chi connectivity index (χ0n) is 12.1. The summed E-state index contributed by atoms with van der Waals surface area (Å²) in [6.45, 7) is 2.89. The normalized spacial score (nSPS) is 10.9. The predicted molar refractivity (Wildman–Crippen MR) is 87.2 cm³/mol. The molecule has 0 aliphatic rings. The Morgan fingerprint density at radius 1 is 1.10 bits per heavy atom. The van der Waals surface area contributed by atoms with Gasteiger partial charge in [0.15, 0.2) is 0 Å². The van der Waals surface area contributed by atoms with Gasteiger partial charge < -0.3 is 10.3 Å². The lowest BCUT2D eigenvalue weighted by molar-refractivity contribution is 0.629. The molecule has 0 aliphatic heterocycles. The minimum absolute atomic E-state index is 0.0321. The van der Waals surface area contributed by atoms with Crippen LogP contribution in [0.2, 0.25) is 0 Å². The summed E-state index contributed by atoms with van der Waals surface area (Å²) in [5, 5.41) is 3.34. The summed E-state index contributed by atoms with van der Waals surface area (Å²) in [5.41, 5.74) is 3.81. The van der Waals surface area contributed by atoms with Crippen molar-refractivity contribution in [1.29, 1.82) is 0 Å². The van der Waals surface area contributed by atoms with Crippen LogP contribution in [0.5, 0.6) is 0 Å². The fourth-order valence-electron chi connectivity index (χ4n) is 2.47. The van der Waals surface area contributed by atoms with E-state index in [-0.39, 0.29) is 5.69 Å². The fraction of sp³-hybridized carbons (Fsp3) is 0.235. The first-order chi connectivity index (χ1) is 10.3. The molecule has 1 aromatic heterocycles. The Hall–Kier alpha value is -2.49. The van der Waals surface area contributed by atoms with Crippen LogP contribution in [0, 0.1) is 0 Å². The number of fused-ring (bicyclic) bond motifs is 1. The molecule has 3 aromatic rings. The van der Waals surface area contributed by atoms with Crippen LogP contribution >= 0.6 is 0 Å². The van der Waals surface area contributed by atoms with E-state index < -0.39 is 0 Å². The van der Waals surface area contributed by atoms with Gasteiger partial charge in [-0.05, 0) is 36.8 Å². The number of hydrogen-bond acceptors (Lipinski definition) is 2. The molecule has 0 bridgehead atoms. The number of nitrogens with one attached hydrogen (secondary N) is 2. The first-order valence-corrected chi connectivity index (χ1v) is 7.32. The smallest absolute Gasteiger partial charge is 0.326 e. The molecule has 0 radical (unpaired) electrons. The minimum Gasteiger partial charge on any atom is -0.355 e. The number of H-pyrrole nitrogens is 1. The molecule has 2 N–H and O–H groups in total. The fourth-order valence-corrected chi connectivity index (χ4v) is 2.47. The molecule has 0 saturated carbocycles. The summed E-state index contributed by atoms with van der Waals surface area (Å²) in [4.78, 5) is 14.9. The molecular weight excluding hydrogens is 262 g/mol. The third-order valence-electron chi connectivity index (χ3n) is 3.57. The zero-order chi connectivity index (χ0) is 14.7. The highest BCUT2D eigenvalue weighted by atomic mass is 16.1. The van der Waals surface area contributed by atoms with Gasteiger partial charge in [-0.15, -0.1) is 0 Å². The van der Waals surface area contributed by atoms with Crippen molar-refractivity contribution in [1.82, 2.24) is 9.55 Å². The lowest BCUT2D eigenvalue weighted by atomic mass is 10.2. The maximum absolute atomic E-state index is 12.0. The van der Waals surface area contributed by atoms with Crippen molar-refractivity contribution >= 4 is 22.4 Å². The van der Waals surface area contributed by atoms with E-state index in [0.29, 0.717) is 0 Å². The van der Waals surface area contributed by atoms with Crippen molar-refractivity contribution < 1.29 is 0 Å². The molecule has 4 heteroatoms. The van der Waals surface area contributed by atoms with Gasteiger partial charge in [0, 0.05) is 17.9 Å². The topological polar surface area (TPSA) is 49.8 Å². The molecule has 0 aliphatic carbocycles. The van der Waals surface area contributed by atoms with Gasteiger partial charge in [-0.1, -0.05) is 31.5 Å². The first-order valence-electron chi connectivity index (χ1n) is 7.32. The Morgan fingerprint density at radius 3 is 2.67 bits per heavy atom. The van der Waals surface area contributed by atoms with Crippen LogP contribution in [0.4, 0.5) is 11.4 Å². The summed E-state index contributed by atoms with van der Waals surface area (Å²) in [7, 11) is 0. The number of hydrogen-bond donors (Lipinski definition) is 2. The molecule has 0 saturated heterocycles. The highest BCUT2D eigenvalue weighted by Gasteiger charge is 2.06. The average Bonchev–Trinajstić information content (AvgIpc) is 2.81. The molecule has 108 valence electrons. The van der Waals surface area contributed by atoms with Crippen LogP contribution in [-0.4, -0.2) is 9.55 Å². The van der Waals surface area contributed by atoms with Crippen LogP contribution in [0.1, 0.15) is 19.8 Å². The largest absolute Gasteiger partial charge is 0.355 e. The van der Waals surface area contributed by atoms with Crippen LogP contribution in [-0.2, 0) is 6.54 Å². The number of para-hydroxylation sites is 1. The third kappa shape index (κ3) is 2.84. The Morgan fingerprint density at radius 2 is 1.90 bits per heavy atom. The van der Waals surface area contributed by atoms with Crippen LogP contribution in [0.15, 0.2) is 53.3 Å². The minimum atomic E-state index is -0.0321. The third-order valence-corrected chi connectivity index (χ3v) is 3.57. The molecule has 0 fully saturated rings. The van der Waals surface area contributed by atoms with E-state index >= 15 is 0 Å². The van der Waals surface area contributed by atoms with Gasteiger partial charge >= 0.3 is 5.69 Å². The van der Waals surface area contributed by atoms with E-state index in [1.807, 2.05) is 53.1 Å². The summed E-state index contributed by atoms with van der Waals surface area (Å²) in [6, 6.07) is 16.0. The number of imidazole rings is 1. The predicted octanol–water partition coefficient (Wildman–Crippen LogP) is 3.87. The van der Waals surface area contributed by atoms with E-state index in [9.17, 15) is 4.79 Å². The number of aromatic nitrogens is 2. The maximum Gasteiger partial charge on any atom is 0.326 e. The molecule has 0 atom stereocenters. The number of aryl methyl sites for hydroxylation is 1. The zero-order valence-corrected chi connectivity index (χ0v) is 12.1. The van der Waals surface area contributed by atoms with E-state index in [4.69, 9.17) is 0 Å². The molecule has 0 unspecified atom stereocenters. The number of benzene rings is 2. The number of unbranched alkanes of at least 4 members (excludes halogenated alkanes) is 1. The highest BCUT2D eigenvalue weighted by Crippen LogP contribution is 2.20. The van der Waals surface area contributed by atoms with Crippen molar-refractivity contribution in [2.75, 3.05) is 5.32 Å². The standard InChI is InChI=1S/C17H19N3O/c1-2-3-11-20-16-10-9-14(12-15(16)19-17(20)21)18-13-7-5-4-6-8-13/h4-10,12,18H,2-3,11H2,1H3,(H,19,21). The Kier molecular flexibility index (Phi) is 3.77. The number of nitrogens with zero attached hydrogens (tertiary/aromatic N) is 1. The first kappa shape index (κ1) is 13.5. The maximum atomic E-state index is 12.0. The SMILES string of the molecule is CCCCn1c(=O)[nH]c2cc(Nc3ccccc3)ccc21. The van der Waals surface area contributed by atoms with E-state index in [1.165, 1.54) is 0 Å². The Bertz CT molecular complexity index is 787. The summed E-state index contributed by atoms with van der Waals surface area (Å²) < 4.78 is 1.81. The highest BCUT2D eigenvalue weighted by molar-refractivity contribution is 5.80. The number of anilines is 2.